The van der Waals surface area contributed by atoms with Crippen LogP contribution >= 0.6 is 11.8 Å². The lowest BCUT2D eigenvalue weighted by atomic mass is 9.91. The summed E-state index contributed by atoms with van der Waals surface area (Å²) >= 11 is 1.77. The van der Waals surface area contributed by atoms with Crippen LogP contribution < -0.4 is 0 Å². The van der Waals surface area contributed by atoms with Gasteiger partial charge in [0.05, 0.1) is 5.75 Å². The van der Waals surface area contributed by atoms with Crippen LogP contribution in [0.4, 0.5) is 0 Å². The number of rotatable bonds is 12. The average Bonchev–Trinajstić information content (AvgIpc) is 2.90. The van der Waals surface area contributed by atoms with Crippen LogP contribution in [0.1, 0.15) is 29.0 Å². The Balaban J connectivity index is 1.56. The number of sulfonamides is 1. The highest BCUT2D eigenvalue weighted by Crippen LogP contribution is 2.28. The first-order valence-corrected chi connectivity index (χ1v) is 14.5. The fourth-order valence-corrected chi connectivity index (χ4v) is 6.58. The number of nitrogens with zero attached hydrogens (tertiary/aromatic N) is 1. The minimum atomic E-state index is -3.51. The van der Waals surface area contributed by atoms with Crippen LogP contribution in [0.3, 0.4) is 0 Å². The Kier molecular flexibility index (Phi) is 9.18. The molecule has 5 heteroatoms. The topological polar surface area (TPSA) is 37.4 Å². The maximum Gasteiger partial charge on any atom is 0.218 e. The molecule has 4 rings (SSSR count). The van der Waals surface area contributed by atoms with Crippen molar-refractivity contribution in [3.63, 3.8) is 0 Å². The fraction of sp³-hybridized carbons (Fsp3) is 0.200. The average molecular weight is 502 g/mol. The molecule has 0 atom stereocenters. The maximum absolute atomic E-state index is 13.7. The van der Waals surface area contributed by atoms with Crippen molar-refractivity contribution < 1.29 is 8.42 Å². The number of benzene rings is 4. The standard InChI is InChI=1S/C30H31NO2S2/c32-35(33,25-26-14-5-1-6-15-26)31(22-13-23-34-29-20-11-4-12-21-29)24-30(27-16-7-2-8-17-27)28-18-9-3-10-19-28/h1-12,14-21,30H,13,22-25H2. The first-order valence-electron chi connectivity index (χ1n) is 11.9. The zero-order valence-electron chi connectivity index (χ0n) is 19.7. The van der Waals surface area contributed by atoms with Gasteiger partial charge >= 0.3 is 0 Å². The molecular formula is C30H31NO2S2. The SMILES string of the molecule is O=S(=O)(Cc1ccccc1)N(CCCSc1ccccc1)CC(c1ccccc1)c1ccccc1. The number of hydrogen-bond donors (Lipinski definition) is 0. The van der Waals surface area contributed by atoms with Crippen molar-refractivity contribution >= 4 is 21.8 Å². The van der Waals surface area contributed by atoms with Gasteiger partial charge in [-0.2, -0.15) is 0 Å². The molecule has 0 aliphatic carbocycles. The van der Waals surface area contributed by atoms with Gasteiger partial charge < -0.3 is 0 Å². The highest BCUT2D eigenvalue weighted by Gasteiger charge is 2.27. The van der Waals surface area contributed by atoms with E-state index in [0.29, 0.717) is 13.1 Å². The molecule has 35 heavy (non-hydrogen) atoms. The van der Waals surface area contributed by atoms with Crippen LogP contribution in [0.5, 0.6) is 0 Å². The summed E-state index contributed by atoms with van der Waals surface area (Å²) in [6.07, 6.45) is 0.782. The second kappa shape index (κ2) is 12.7. The molecule has 4 aromatic carbocycles. The van der Waals surface area contributed by atoms with Gasteiger partial charge in [-0.25, -0.2) is 12.7 Å². The lowest BCUT2D eigenvalue weighted by Gasteiger charge is -2.28. The summed E-state index contributed by atoms with van der Waals surface area (Å²) in [5, 5.41) is 0. The van der Waals surface area contributed by atoms with Gasteiger partial charge in [0.1, 0.15) is 0 Å². The second-order valence-corrected chi connectivity index (χ2v) is 11.6. The Labute approximate surface area is 213 Å². The maximum atomic E-state index is 13.7. The van der Waals surface area contributed by atoms with Crippen molar-refractivity contribution in [3.05, 3.63) is 138 Å². The number of thioether (sulfide) groups is 1. The zero-order valence-corrected chi connectivity index (χ0v) is 21.4. The quantitative estimate of drug-likeness (QED) is 0.158. The Morgan fingerprint density at radius 2 is 1.14 bits per heavy atom. The van der Waals surface area contributed by atoms with Gasteiger partial charge in [-0.15, -0.1) is 11.8 Å². The molecule has 180 valence electrons. The van der Waals surface area contributed by atoms with Gasteiger partial charge in [-0.05, 0) is 41.0 Å². The molecule has 0 aliphatic heterocycles. The summed E-state index contributed by atoms with van der Waals surface area (Å²) in [6, 6.07) is 40.1. The van der Waals surface area contributed by atoms with Crippen molar-refractivity contribution in [2.24, 2.45) is 0 Å². The van der Waals surface area contributed by atoms with E-state index in [1.54, 1.807) is 16.1 Å². The molecule has 0 saturated carbocycles. The van der Waals surface area contributed by atoms with Crippen LogP contribution in [0.2, 0.25) is 0 Å². The minimum absolute atomic E-state index is 0.00989. The molecule has 0 aromatic heterocycles. The molecule has 0 bridgehead atoms. The van der Waals surface area contributed by atoms with Crippen LogP contribution in [0.15, 0.2) is 126 Å². The molecule has 0 fully saturated rings. The Hall–Kier alpha value is -2.86. The Morgan fingerprint density at radius 1 is 0.657 bits per heavy atom. The van der Waals surface area contributed by atoms with E-state index in [-0.39, 0.29) is 11.7 Å². The van der Waals surface area contributed by atoms with E-state index < -0.39 is 10.0 Å². The third kappa shape index (κ3) is 7.56. The zero-order chi connectivity index (χ0) is 24.3. The van der Waals surface area contributed by atoms with Gasteiger partial charge in [-0.1, -0.05) is 109 Å². The predicted octanol–water partition coefficient (Wildman–Crippen LogP) is 6.83. The molecule has 0 N–H and O–H groups in total. The van der Waals surface area contributed by atoms with Crippen molar-refractivity contribution in [2.45, 2.75) is 23.0 Å². The number of hydrogen-bond acceptors (Lipinski definition) is 3. The summed E-state index contributed by atoms with van der Waals surface area (Å²) in [4.78, 5) is 1.21. The Morgan fingerprint density at radius 3 is 1.69 bits per heavy atom. The first-order chi connectivity index (χ1) is 17.1. The minimum Gasteiger partial charge on any atom is -0.212 e. The smallest absolute Gasteiger partial charge is 0.212 e. The van der Waals surface area contributed by atoms with Gasteiger partial charge in [0.15, 0.2) is 0 Å². The van der Waals surface area contributed by atoms with Gasteiger partial charge in [-0.3, -0.25) is 0 Å². The van der Waals surface area contributed by atoms with Crippen LogP contribution in [-0.4, -0.2) is 31.6 Å². The molecule has 3 nitrogen and oxygen atoms in total. The highest BCUT2D eigenvalue weighted by atomic mass is 32.2. The predicted molar refractivity (Wildman–Crippen MR) is 147 cm³/mol. The van der Waals surface area contributed by atoms with Crippen LogP contribution in [0.25, 0.3) is 0 Å². The normalized spacial score (nSPS) is 11.7. The van der Waals surface area contributed by atoms with E-state index in [2.05, 4.69) is 36.4 Å². The van der Waals surface area contributed by atoms with Crippen molar-refractivity contribution in [2.75, 3.05) is 18.8 Å². The third-order valence-electron chi connectivity index (χ3n) is 5.94. The molecule has 0 radical (unpaired) electrons. The molecule has 0 heterocycles. The summed E-state index contributed by atoms with van der Waals surface area (Å²) < 4.78 is 29.1. The molecule has 0 spiro atoms. The van der Waals surface area contributed by atoms with Crippen molar-refractivity contribution in [1.82, 2.24) is 4.31 Å². The van der Waals surface area contributed by atoms with E-state index in [9.17, 15) is 8.42 Å². The van der Waals surface area contributed by atoms with Gasteiger partial charge in [0.2, 0.25) is 10.0 Å². The highest BCUT2D eigenvalue weighted by molar-refractivity contribution is 7.99. The van der Waals surface area contributed by atoms with E-state index >= 15 is 0 Å². The summed E-state index contributed by atoms with van der Waals surface area (Å²) in [5.74, 6) is 0.836. The third-order valence-corrected chi connectivity index (χ3v) is 8.85. The fourth-order valence-electron chi connectivity index (χ4n) is 4.15. The van der Waals surface area contributed by atoms with E-state index in [0.717, 1.165) is 28.9 Å². The van der Waals surface area contributed by atoms with E-state index in [1.165, 1.54) is 4.90 Å². The lowest BCUT2D eigenvalue weighted by Crippen LogP contribution is -2.37. The van der Waals surface area contributed by atoms with Gasteiger partial charge in [0, 0.05) is 23.9 Å². The molecule has 0 amide bonds. The van der Waals surface area contributed by atoms with Gasteiger partial charge in [0.25, 0.3) is 0 Å². The molecular weight excluding hydrogens is 470 g/mol. The molecule has 4 aromatic rings. The van der Waals surface area contributed by atoms with Crippen LogP contribution in [0, 0.1) is 0 Å². The largest absolute Gasteiger partial charge is 0.218 e. The van der Waals surface area contributed by atoms with E-state index in [4.69, 9.17) is 0 Å². The second-order valence-electron chi connectivity index (χ2n) is 8.49. The van der Waals surface area contributed by atoms with Crippen molar-refractivity contribution in [3.8, 4) is 0 Å². The molecule has 0 saturated heterocycles. The van der Waals surface area contributed by atoms with Crippen molar-refractivity contribution in [1.29, 1.82) is 0 Å². The van der Waals surface area contributed by atoms with E-state index in [1.807, 2.05) is 84.9 Å². The lowest BCUT2D eigenvalue weighted by molar-refractivity contribution is 0.398. The molecule has 0 unspecified atom stereocenters. The summed E-state index contributed by atoms with van der Waals surface area (Å²) in [6.45, 7) is 0.907. The van der Waals surface area contributed by atoms with Crippen LogP contribution in [-0.2, 0) is 15.8 Å². The summed E-state index contributed by atoms with van der Waals surface area (Å²) in [7, 11) is -3.51. The summed E-state index contributed by atoms with van der Waals surface area (Å²) in [5.41, 5.74) is 3.06. The first kappa shape index (κ1) is 25.2. The molecule has 0 aliphatic rings. The monoisotopic (exact) mass is 501 g/mol. The Bertz CT molecular complexity index is 1210.